The molecule has 1 aromatic heterocycles. The van der Waals surface area contributed by atoms with E-state index in [0.717, 1.165) is 29.8 Å². The first kappa shape index (κ1) is 33.3. The van der Waals surface area contributed by atoms with Crippen LogP contribution >= 0.6 is 0 Å². The molecule has 41 heavy (non-hydrogen) atoms. The first-order valence-corrected chi connectivity index (χ1v) is 11.9. The van der Waals surface area contributed by atoms with Gasteiger partial charge >= 0.3 is 36.2 Å². The largest absolute Gasteiger partial charge is 0.490 e. The third-order valence-corrected chi connectivity index (χ3v) is 6.71. The Labute approximate surface area is 228 Å². The minimum absolute atomic E-state index is 0.227. The summed E-state index contributed by atoms with van der Waals surface area (Å²) in [6, 6.07) is 7.97. The molecule has 1 aliphatic carbocycles. The molecule has 2 heterocycles. The van der Waals surface area contributed by atoms with Crippen molar-refractivity contribution in [2.75, 3.05) is 13.1 Å². The van der Waals surface area contributed by atoms with Crippen molar-refractivity contribution in [2.24, 2.45) is 16.7 Å². The standard InChI is InChI=1S/C20H25N3O4.2C2HF3O2/c1-13(2)7-8-23-15-6-4-3-5-14(15)21-16(23)9-22-11-19(17(24)25)10-20(19,12-22)18(26)27;2*3-2(4,5)1(6)7/h3-6,13H,7-12H2,1-2H3,(H,24,25)(H,26,27);2*(H,6,7)/t19-,20+;;. The minimum atomic E-state index is -5.08. The fraction of sp³-hybridized carbons (Fsp3) is 0.542. The fourth-order valence-corrected chi connectivity index (χ4v) is 4.60. The molecule has 0 amide bonds. The summed E-state index contributed by atoms with van der Waals surface area (Å²) >= 11 is 0. The SMILES string of the molecule is CC(C)CCn1c(CN2C[C@@]3(C(=O)O)C[C@@]3(C(=O)O)C2)nc2ccccc21.O=C(O)C(F)(F)F.O=C(O)C(F)(F)F. The third-order valence-electron chi connectivity index (χ3n) is 6.71. The van der Waals surface area contributed by atoms with Gasteiger partial charge in [0.05, 0.1) is 28.4 Å². The highest BCUT2D eigenvalue weighted by atomic mass is 19.4. The number of piperidine rings is 1. The van der Waals surface area contributed by atoms with Gasteiger partial charge in [0.25, 0.3) is 0 Å². The van der Waals surface area contributed by atoms with E-state index in [4.69, 9.17) is 24.8 Å². The molecule has 228 valence electrons. The van der Waals surface area contributed by atoms with Crippen molar-refractivity contribution < 1.29 is 65.9 Å². The second-order valence-corrected chi connectivity index (χ2v) is 10.1. The van der Waals surface area contributed by atoms with Gasteiger partial charge in [-0.25, -0.2) is 14.6 Å². The Morgan fingerprint density at radius 2 is 1.32 bits per heavy atom. The van der Waals surface area contributed by atoms with Crippen molar-refractivity contribution in [1.82, 2.24) is 14.5 Å². The highest BCUT2D eigenvalue weighted by molar-refractivity contribution is 5.94. The highest BCUT2D eigenvalue weighted by Crippen LogP contribution is 2.68. The highest BCUT2D eigenvalue weighted by Gasteiger charge is 2.80. The van der Waals surface area contributed by atoms with Gasteiger partial charge in [0, 0.05) is 19.6 Å². The van der Waals surface area contributed by atoms with Gasteiger partial charge in [-0.05, 0) is 30.9 Å². The lowest BCUT2D eigenvalue weighted by atomic mass is 9.97. The minimum Gasteiger partial charge on any atom is -0.481 e. The topological polar surface area (TPSA) is 170 Å². The molecule has 2 aromatic rings. The van der Waals surface area contributed by atoms with Crippen molar-refractivity contribution in [3.05, 3.63) is 30.1 Å². The van der Waals surface area contributed by atoms with Crippen LogP contribution in [0.5, 0.6) is 0 Å². The summed E-state index contributed by atoms with van der Waals surface area (Å²) in [5.74, 6) is -6.08. The van der Waals surface area contributed by atoms with Gasteiger partial charge in [0.1, 0.15) is 5.82 Å². The van der Waals surface area contributed by atoms with Crippen molar-refractivity contribution in [2.45, 2.75) is 52.1 Å². The lowest BCUT2D eigenvalue weighted by Crippen LogP contribution is -2.29. The zero-order valence-corrected chi connectivity index (χ0v) is 21.7. The van der Waals surface area contributed by atoms with E-state index in [-0.39, 0.29) is 19.5 Å². The summed E-state index contributed by atoms with van der Waals surface area (Å²) in [6.45, 7) is 6.20. The molecule has 4 rings (SSSR count). The van der Waals surface area contributed by atoms with Crippen LogP contribution in [0.3, 0.4) is 0 Å². The van der Waals surface area contributed by atoms with E-state index < -0.39 is 47.1 Å². The predicted octanol–water partition coefficient (Wildman–Crippen LogP) is 3.71. The number of fused-ring (bicyclic) bond motifs is 2. The average Bonchev–Trinajstić information content (AvgIpc) is 3.18. The number of imidazole rings is 1. The molecule has 4 N–H and O–H groups in total. The number of likely N-dealkylation sites (tertiary alicyclic amines) is 1. The summed E-state index contributed by atoms with van der Waals surface area (Å²) < 4.78 is 65.7. The van der Waals surface area contributed by atoms with Gasteiger partial charge in [0.15, 0.2) is 0 Å². The molecule has 1 saturated heterocycles. The van der Waals surface area contributed by atoms with E-state index >= 15 is 0 Å². The maximum absolute atomic E-state index is 11.7. The number of carbonyl (C=O) groups is 4. The molecule has 0 spiro atoms. The molecule has 2 atom stereocenters. The second kappa shape index (κ2) is 11.9. The van der Waals surface area contributed by atoms with Crippen LogP contribution in [0.15, 0.2) is 24.3 Å². The average molecular weight is 599 g/mol. The molecule has 11 nitrogen and oxygen atoms in total. The molecule has 1 aliphatic heterocycles. The Hall–Kier alpha value is -3.89. The Bertz CT molecular complexity index is 1260. The lowest BCUT2D eigenvalue weighted by Gasteiger charge is -2.20. The van der Waals surface area contributed by atoms with Crippen LogP contribution in [-0.2, 0) is 32.3 Å². The number of aryl methyl sites for hydroxylation is 1. The molecular formula is C24H27F6N3O8. The summed E-state index contributed by atoms with van der Waals surface area (Å²) in [5.41, 5.74) is -0.304. The summed E-state index contributed by atoms with van der Waals surface area (Å²) in [5, 5.41) is 33.5. The van der Waals surface area contributed by atoms with E-state index in [1.165, 1.54) is 0 Å². The van der Waals surface area contributed by atoms with Gasteiger partial charge in [-0.15, -0.1) is 0 Å². The molecule has 2 fully saturated rings. The van der Waals surface area contributed by atoms with Crippen molar-refractivity contribution >= 4 is 34.9 Å². The normalized spacial score (nSPS) is 21.8. The Balaban J connectivity index is 0.000000349. The first-order valence-electron chi connectivity index (χ1n) is 11.9. The number of nitrogens with zero attached hydrogens (tertiary/aromatic N) is 3. The van der Waals surface area contributed by atoms with Gasteiger partial charge in [0.2, 0.25) is 0 Å². The zero-order chi connectivity index (χ0) is 31.6. The number of alkyl halides is 6. The first-order chi connectivity index (χ1) is 18.7. The van der Waals surface area contributed by atoms with Gasteiger partial charge in [-0.1, -0.05) is 26.0 Å². The molecular weight excluding hydrogens is 572 g/mol. The van der Waals surface area contributed by atoms with Crippen LogP contribution in [0.25, 0.3) is 11.0 Å². The van der Waals surface area contributed by atoms with Crippen LogP contribution in [0.1, 0.15) is 32.5 Å². The van der Waals surface area contributed by atoms with Crippen LogP contribution < -0.4 is 0 Å². The fourth-order valence-electron chi connectivity index (χ4n) is 4.60. The van der Waals surface area contributed by atoms with Gasteiger partial charge in [-0.2, -0.15) is 26.3 Å². The molecule has 17 heteroatoms. The number of rotatable bonds is 7. The van der Waals surface area contributed by atoms with Crippen molar-refractivity contribution in [1.29, 1.82) is 0 Å². The van der Waals surface area contributed by atoms with E-state index in [2.05, 4.69) is 18.4 Å². The zero-order valence-electron chi connectivity index (χ0n) is 21.7. The Kier molecular flexibility index (Phi) is 9.69. The number of halogens is 6. The van der Waals surface area contributed by atoms with Crippen LogP contribution in [0.4, 0.5) is 26.3 Å². The second-order valence-electron chi connectivity index (χ2n) is 10.1. The maximum Gasteiger partial charge on any atom is 0.490 e. The molecule has 1 saturated carbocycles. The third kappa shape index (κ3) is 7.45. The Morgan fingerprint density at radius 3 is 1.71 bits per heavy atom. The van der Waals surface area contributed by atoms with Crippen molar-refractivity contribution in [3.8, 4) is 0 Å². The number of carboxylic acid groups (broad SMARTS) is 4. The molecule has 2 aliphatic rings. The van der Waals surface area contributed by atoms with E-state index in [1.807, 2.05) is 29.2 Å². The number of aromatic nitrogens is 2. The van der Waals surface area contributed by atoms with Crippen molar-refractivity contribution in [3.63, 3.8) is 0 Å². The number of hydrogen-bond donors (Lipinski definition) is 4. The van der Waals surface area contributed by atoms with Gasteiger partial charge < -0.3 is 25.0 Å². The van der Waals surface area contributed by atoms with Crippen LogP contribution in [0.2, 0.25) is 0 Å². The lowest BCUT2D eigenvalue weighted by molar-refractivity contribution is -0.193. The number of benzene rings is 1. The number of hydrogen-bond acceptors (Lipinski definition) is 6. The molecule has 0 unspecified atom stereocenters. The molecule has 0 radical (unpaired) electrons. The number of aliphatic carboxylic acids is 4. The quantitative estimate of drug-likeness (QED) is 0.344. The van der Waals surface area contributed by atoms with E-state index in [0.29, 0.717) is 12.5 Å². The molecule has 1 aromatic carbocycles. The molecule has 0 bridgehead atoms. The summed E-state index contributed by atoms with van der Waals surface area (Å²) in [6.07, 6.45) is -8.92. The van der Waals surface area contributed by atoms with Crippen LogP contribution in [-0.4, -0.2) is 84.2 Å². The van der Waals surface area contributed by atoms with Gasteiger partial charge in [-0.3, -0.25) is 14.5 Å². The number of para-hydroxylation sites is 2. The van der Waals surface area contributed by atoms with E-state index in [1.54, 1.807) is 0 Å². The number of carboxylic acids is 4. The predicted molar refractivity (Wildman–Crippen MR) is 127 cm³/mol. The summed E-state index contributed by atoms with van der Waals surface area (Å²) in [4.78, 5) is 48.0. The smallest absolute Gasteiger partial charge is 0.481 e. The summed E-state index contributed by atoms with van der Waals surface area (Å²) in [7, 11) is 0. The van der Waals surface area contributed by atoms with Crippen LogP contribution in [0, 0.1) is 16.7 Å². The maximum atomic E-state index is 11.7. The Morgan fingerprint density at radius 1 is 0.878 bits per heavy atom. The van der Waals surface area contributed by atoms with E-state index in [9.17, 15) is 46.1 Å². The monoisotopic (exact) mass is 599 g/mol.